The van der Waals surface area contributed by atoms with Crippen LogP contribution in [-0.2, 0) is 9.59 Å². The van der Waals surface area contributed by atoms with Gasteiger partial charge in [-0.15, -0.1) is 0 Å². The molecular weight excluding hydrogens is 270 g/mol. The summed E-state index contributed by atoms with van der Waals surface area (Å²) in [5, 5.41) is 15.4. The maximum absolute atomic E-state index is 12.2. The molecule has 0 aromatic heterocycles. The molecule has 2 aliphatic rings. The molecule has 21 heavy (non-hydrogen) atoms. The van der Waals surface area contributed by atoms with Gasteiger partial charge in [0.25, 0.3) is 0 Å². The lowest BCUT2D eigenvalue weighted by Crippen LogP contribution is -2.44. The number of carboxylic acid groups (broad SMARTS) is 1. The summed E-state index contributed by atoms with van der Waals surface area (Å²) in [6.45, 7) is 7.85. The number of nitrogens with zero attached hydrogens (tertiary/aromatic N) is 1. The number of rotatable bonds is 6. The van der Waals surface area contributed by atoms with Crippen LogP contribution in [0.25, 0.3) is 0 Å². The number of piperazine rings is 1. The Morgan fingerprint density at radius 3 is 2.57 bits per heavy atom. The van der Waals surface area contributed by atoms with E-state index >= 15 is 0 Å². The summed E-state index contributed by atoms with van der Waals surface area (Å²) in [5.74, 6) is -1.44. The molecular formula is C15H27N3O3. The Hall–Kier alpha value is -1.14. The number of hydrogen-bond donors (Lipinski definition) is 3. The summed E-state index contributed by atoms with van der Waals surface area (Å²) >= 11 is 0. The van der Waals surface area contributed by atoms with Gasteiger partial charge in [-0.1, -0.05) is 6.92 Å². The van der Waals surface area contributed by atoms with Crippen molar-refractivity contribution < 1.29 is 14.7 Å². The highest BCUT2D eigenvalue weighted by molar-refractivity contribution is 5.85. The molecule has 0 spiro atoms. The van der Waals surface area contributed by atoms with Crippen LogP contribution in [0.1, 0.15) is 26.2 Å². The maximum Gasteiger partial charge on any atom is 0.307 e. The smallest absolute Gasteiger partial charge is 0.307 e. The molecule has 1 saturated carbocycles. The molecule has 0 aromatic rings. The van der Waals surface area contributed by atoms with Crippen LogP contribution < -0.4 is 10.6 Å². The topological polar surface area (TPSA) is 81.7 Å². The normalized spacial score (nSPS) is 30.2. The largest absolute Gasteiger partial charge is 0.481 e. The Morgan fingerprint density at radius 1 is 1.24 bits per heavy atom. The highest BCUT2D eigenvalue weighted by Gasteiger charge is 2.40. The molecule has 6 heteroatoms. The minimum Gasteiger partial charge on any atom is -0.481 e. The Morgan fingerprint density at radius 2 is 1.90 bits per heavy atom. The molecule has 1 unspecified atom stereocenters. The molecule has 1 aliphatic carbocycles. The predicted octanol–water partition coefficient (Wildman–Crippen LogP) is 0.145. The quantitative estimate of drug-likeness (QED) is 0.608. The van der Waals surface area contributed by atoms with Gasteiger partial charge in [-0.3, -0.25) is 9.59 Å². The summed E-state index contributed by atoms with van der Waals surface area (Å²) < 4.78 is 0. The lowest BCUT2D eigenvalue weighted by Gasteiger charge is -2.27. The molecule has 0 bridgehead atoms. The second-order valence-corrected chi connectivity index (χ2v) is 6.36. The fourth-order valence-corrected chi connectivity index (χ4v) is 3.43. The van der Waals surface area contributed by atoms with Gasteiger partial charge >= 0.3 is 5.97 Å². The average molecular weight is 297 g/mol. The fraction of sp³-hybridized carbons (Fsp3) is 0.867. The number of aliphatic carboxylic acids is 1. The highest BCUT2D eigenvalue weighted by atomic mass is 16.4. The van der Waals surface area contributed by atoms with E-state index in [-0.39, 0.29) is 11.8 Å². The predicted molar refractivity (Wildman–Crippen MR) is 80.0 cm³/mol. The number of carboxylic acids is 1. The van der Waals surface area contributed by atoms with E-state index in [1.165, 1.54) is 0 Å². The highest BCUT2D eigenvalue weighted by Crippen LogP contribution is 2.36. The average Bonchev–Trinajstić information content (AvgIpc) is 2.87. The maximum atomic E-state index is 12.2. The van der Waals surface area contributed by atoms with Crippen molar-refractivity contribution in [3.05, 3.63) is 0 Å². The molecule has 0 radical (unpaired) electrons. The van der Waals surface area contributed by atoms with Gasteiger partial charge < -0.3 is 20.6 Å². The third kappa shape index (κ3) is 4.68. The fourth-order valence-electron chi connectivity index (χ4n) is 3.43. The van der Waals surface area contributed by atoms with Crippen LogP contribution in [0.15, 0.2) is 0 Å². The zero-order valence-corrected chi connectivity index (χ0v) is 12.8. The Bertz CT molecular complexity index is 369. The zero-order chi connectivity index (χ0) is 15.2. The van der Waals surface area contributed by atoms with Crippen molar-refractivity contribution >= 4 is 11.9 Å². The molecule has 3 atom stereocenters. The van der Waals surface area contributed by atoms with Gasteiger partial charge in [0.15, 0.2) is 0 Å². The molecule has 2 fully saturated rings. The van der Waals surface area contributed by atoms with Crippen molar-refractivity contribution in [2.45, 2.75) is 26.2 Å². The number of carbonyl (C=O) groups excluding carboxylic acids is 1. The number of carbonyl (C=O) groups is 2. The van der Waals surface area contributed by atoms with Gasteiger partial charge in [0.1, 0.15) is 0 Å². The van der Waals surface area contributed by atoms with E-state index in [4.69, 9.17) is 0 Å². The third-order valence-electron chi connectivity index (χ3n) is 4.61. The first-order valence-corrected chi connectivity index (χ1v) is 8.01. The molecule has 2 rings (SSSR count). The van der Waals surface area contributed by atoms with Crippen molar-refractivity contribution in [2.75, 3.05) is 39.3 Å². The van der Waals surface area contributed by atoms with Crippen LogP contribution in [0, 0.1) is 17.8 Å². The summed E-state index contributed by atoms with van der Waals surface area (Å²) in [4.78, 5) is 25.8. The van der Waals surface area contributed by atoms with Crippen LogP contribution >= 0.6 is 0 Å². The number of amides is 1. The van der Waals surface area contributed by atoms with Crippen LogP contribution in [0.3, 0.4) is 0 Å². The third-order valence-corrected chi connectivity index (χ3v) is 4.61. The van der Waals surface area contributed by atoms with Crippen LogP contribution in [0.5, 0.6) is 0 Å². The first-order chi connectivity index (χ1) is 10.1. The van der Waals surface area contributed by atoms with E-state index in [2.05, 4.69) is 15.5 Å². The minimum absolute atomic E-state index is 0.0768. The molecule has 1 aliphatic heterocycles. The number of nitrogens with one attached hydrogen (secondary N) is 2. The van der Waals surface area contributed by atoms with E-state index in [9.17, 15) is 14.7 Å². The van der Waals surface area contributed by atoms with Crippen LogP contribution in [0.4, 0.5) is 0 Å². The lowest BCUT2D eigenvalue weighted by atomic mass is 9.95. The van der Waals surface area contributed by atoms with E-state index in [1.54, 1.807) is 0 Å². The standard InChI is InChI=1S/C15H27N3O3/c1-11-9-12(13(10-11)15(20)21)14(19)17-3-2-6-18-7-4-16-5-8-18/h11-13,16H,2-10H2,1H3,(H,17,19)(H,20,21)/t11?,12-,13+/m0/s1. The van der Waals surface area contributed by atoms with Crippen LogP contribution in [-0.4, -0.2) is 61.2 Å². The van der Waals surface area contributed by atoms with Crippen molar-refractivity contribution in [3.63, 3.8) is 0 Å². The first-order valence-electron chi connectivity index (χ1n) is 8.01. The molecule has 0 aromatic carbocycles. The molecule has 1 heterocycles. The lowest BCUT2D eigenvalue weighted by molar-refractivity contribution is -0.146. The van der Waals surface area contributed by atoms with E-state index < -0.39 is 11.9 Å². The van der Waals surface area contributed by atoms with E-state index in [1.807, 2.05) is 6.92 Å². The summed E-state index contributed by atoms with van der Waals surface area (Å²) in [7, 11) is 0. The summed E-state index contributed by atoms with van der Waals surface area (Å²) in [6.07, 6.45) is 2.24. The second kappa shape index (κ2) is 7.75. The van der Waals surface area contributed by atoms with Gasteiger partial charge in [-0.2, -0.15) is 0 Å². The van der Waals surface area contributed by atoms with Gasteiger partial charge in [0.05, 0.1) is 11.8 Å². The Balaban J connectivity index is 1.67. The Labute approximate surface area is 126 Å². The Kier molecular flexibility index (Phi) is 5.99. The van der Waals surface area contributed by atoms with Gasteiger partial charge in [-0.05, 0) is 31.7 Å². The van der Waals surface area contributed by atoms with Gasteiger partial charge in [-0.25, -0.2) is 0 Å². The van der Waals surface area contributed by atoms with Gasteiger partial charge in [0.2, 0.25) is 5.91 Å². The molecule has 120 valence electrons. The molecule has 1 amide bonds. The molecule has 6 nitrogen and oxygen atoms in total. The monoisotopic (exact) mass is 297 g/mol. The van der Waals surface area contributed by atoms with Gasteiger partial charge in [0, 0.05) is 32.7 Å². The minimum atomic E-state index is -0.833. The SMILES string of the molecule is CC1C[C@H](C(=O)NCCCN2CCNCC2)[C@H](C(=O)O)C1. The van der Waals surface area contributed by atoms with Crippen molar-refractivity contribution in [1.29, 1.82) is 0 Å². The van der Waals surface area contributed by atoms with Crippen LogP contribution in [0.2, 0.25) is 0 Å². The van der Waals surface area contributed by atoms with E-state index in [0.29, 0.717) is 25.3 Å². The zero-order valence-electron chi connectivity index (χ0n) is 12.8. The van der Waals surface area contributed by atoms with E-state index in [0.717, 1.165) is 39.1 Å². The van der Waals surface area contributed by atoms with Crippen molar-refractivity contribution in [1.82, 2.24) is 15.5 Å². The first kappa shape index (κ1) is 16.2. The molecule has 1 saturated heterocycles. The second-order valence-electron chi connectivity index (χ2n) is 6.36. The number of hydrogen-bond acceptors (Lipinski definition) is 4. The molecule has 3 N–H and O–H groups in total. The van der Waals surface area contributed by atoms with Crippen molar-refractivity contribution in [3.8, 4) is 0 Å². The summed E-state index contributed by atoms with van der Waals surface area (Å²) in [5.41, 5.74) is 0. The summed E-state index contributed by atoms with van der Waals surface area (Å²) in [6, 6.07) is 0. The van der Waals surface area contributed by atoms with Crippen molar-refractivity contribution in [2.24, 2.45) is 17.8 Å².